The van der Waals surface area contributed by atoms with Crippen molar-refractivity contribution in [1.29, 1.82) is 0 Å². The predicted molar refractivity (Wildman–Crippen MR) is 97.6 cm³/mol. The summed E-state index contributed by atoms with van der Waals surface area (Å²) >= 11 is 5.98. The molecule has 1 fully saturated rings. The quantitative estimate of drug-likeness (QED) is 0.827. The standard InChI is InChI=1S/C19H20ClFN2O3/c1-2-26-19(25)15-6-7-23(11-17(15)24)18-16(21)9-13(10-22-18)12-4-3-5-14(20)8-12/h3-5,8-10,15,17,24H,2,6-7,11H2,1H3. The Kier molecular flexibility index (Phi) is 5.74. The van der Waals surface area contributed by atoms with Gasteiger partial charge in [-0.1, -0.05) is 23.7 Å². The van der Waals surface area contributed by atoms with Gasteiger partial charge in [0.05, 0.1) is 18.6 Å². The van der Waals surface area contributed by atoms with E-state index in [1.165, 1.54) is 6.07 Å². The number of β-amino-alcohol motifs (C(OH)–C–C–N with tert-alkyl or cyclic N) is 1. The van der Waals surface area contributed by atoms with Gasteiger partial charge in [-0.25, -0.2) is 9.37 Å². The van der Waals surface area contributed by atoms with Crippen molar-refractivity contribution in [2.24, 2.45) is 5.92 Å². The van der Waals surface area contributed by atoms with Gasteiger partial charge in [-0.05, 0) is 37.1 Å². The third-order valence-electron chi connectivity index (χ3n) is 4.45. The average molecular weight is 379 g/mol. The number of pyridine rings is 1. The number of ether oxygens (including phenoxy) is 1. The Balaban J connectivity index is 1.76. The van der Waals surface area contributed by atoms with Crippen LogP contribution in [0.3, 0.4) is 0 Å². The highest BCUT2D eigenvalue weighted by Crippen LogP contribution is 2.29. The van der Waals surface area contributed by atoms with Gasteiger partial charge in [0, 0.05) is 29.9 Å². The average Bonchev–Trinajstić information content (AvgIpc) is 2.61. The van der Waals surface area contributed by atoms with E-state index in [-0.39, 0.29) is 19.0 Å². The molecule has 5 nitrogen and oxygen atoms in total. The number of hydrogen-bond donors (Lipinski definition) is 1. The molecule has 26 heavy (non-hydrogen) atoms. The monoisotopic (exact) mass is 378 g/mol. The Labute approximate surface area is 156 Å². The summed E-state index contributed by atoms with van der Waals surface area (Å²) in [5, 5.41) is 10.8. The maximum Gasteiger partial charge on any atom is 0.311 e. The fourth-order valence-electron chi connectivity index (χ4n) is 3.14. The molecule has 1 N–H and O–H groups in total. The minimum atomic E-state index is -0.920. The number of nitrogens with zero attached hydrogens (tertiary/aromatic N) is 2. The molecule has 0 spiro atoms. The van der Waals surface area contributed by atoms with Crippen LogP contribution in [0.15, 0.2) is 36.5 Å². The van der Waals surface area contributed by atoms with E-state index in [4.69, 9.17) is 16.3 Å². The van der Waals surface area contributed by atoms with E-state index < -0.39 is 23.8 Å². The summed E-state index contributed by atoms with van der Waals surface area (Å²) in [5.74, 6) is -1.31. The largest absolute Gasteiger partial charge is 0.466 e. The van der Waals surface area contributed by atoms with Gasteiger partial charge in [-0.15, -0.1) is 0 Å². The Morgan fingerprint density at radius 2 is 2.23 bits per heavy atom. The maximum absolute atomic E-state index is 14.6. The lowest BCUT2D eigenvalue weighted by molar-refractivity contribution is -0.152. The molecule has 2 aromatic rings. The van der Waals surface area contributed by atoms with Crippen molar-refractivity contribution >= 4 is 23.4 Å². The summed E-state index contributed by atoms with van der Waals surface area (Å²) in [7, 11) is 0. The molecule has 1 aliphatic heterocycles. The molecule has 0 bridgehead atoms. The van der Waals surface area contributed by atoms with Gasteiger partial charge in [0.1, 0.15) is 0 Å². The number of aromatic nitrogens is 1. The second-order valence-corrected chi connectivity index (χ2v) is 6.64. The van der Waals surface area contributed by atoms with E-state index in [1.807, 2.05) is 6.07 Å². The zero-order valence-corrected chi connectivity index (χ0v) is 15.1. The minimum absolute atomic E-state index is 0.129. The molecule has 1 aromatic carbocycles. The number of carbonyl (C=O) groups is 1. The molecule has 0 amide bonds. The van der Waals surface area contributed by atoms with Crippen molar-refractivity contribution < 1.29 is 19.0 Å². The van der Waals surface area contributed by atoms with Crippen molar-refractivity contribution in [2.75, 3.05) is 24.6 Å². The summed E-state index contributed by atoms with van der Waals surface area (Å²) < 4.78 is 19.6. The number of anilines is 1. The fraction of sp³-hybridized carbons (Fsp3) is 0.368. The third-order valence-corrected chi connectivity index (χ3v) is 4.69. The number of benzene rings is 1. The zero-order valence-electron chi connectivity index (χ0n) is 14.4. The Morgan fingerprint density at radius 1 is 1.42 bits per heavy atom. The lowest BCUT2D eigenvalue weighted by Crippen LogP contribution is -2.47. The molecular formula is C19H20ClFN2O3. The van der Waals surface area contributed by atoms with Gasteiger partial charge in [-0.2, -0.15) is 0 Å². The molecule has 138 valence electrons. The Bertz CT molecular complexity index is 802. The number of piperidine rings is 1. The summed E-state index contributed by atoms with van der Waals surface area (Å²) in [6.45, 7) is 2.54. The molecule has 2 heterocycles. The first-order chi connectivity index (χ1) is 12.5. The Hall–Kier alpha value is -2.18. The molecule has 0 saturated carbocycles. The van der Waals surface area contributed by atoms with Crippen LogP contribution in [0.2, 0.25) is 5.02 Å². The number of aliphatic hydroxyl groups is 1. The highest BCUT2D eigenvalue weighted by Gasteiger charge is 2.35. The van der Waals surface area contributed by atoms with Crippen LogP contribution in [0.4, 0.5) is 10.2 Å². The summed E-state index contributed by atoms with van der Waals surface area (Å²) in [6, 6.07) is 8.51. The number of rotatable bonds is 4. The van der Waals surface area contributed by atoms with Crippen molar-refractivity contribution in [1.82, 2.24) is 4.98 Å². The predicted octanol–water partition coefficient (Wildman–Crippen LogP) is 3.29. The number of hydrogen-bond acceptors (Lipinski definition) is 5. The maximum atomic E-state index is 14.6. The molecule has 2 atom stereocenters. The normalized spacial score (nSPS) is 20.1. The van der Waals surface area contributed by atoms with Gasteiger partial charge in [0.25, 0.3) is 0 Å². The highest BCUT2D eigenvalue weighted by molar-refractivity contribution is 6.30. The molecular weight excluding hydrogens is 359 g/mol. The molecule has 7 heteroatoms. The van der Waals surface area contributed by atoms with Crippen LogP contribution in [0.1, 0.15) is 13.3 Å². The lowest BCUT2D eigenvalue weighted by atomic mass is 9.94. The SMILES string of the molecule is CCOC(=O)C1CCN(c2ncc(-c3cccc(Cl)c3)cc2F)CC1O. The topological polar surface area (TPSA) is 62.7 Å². The first-order valence-electron chi connectivity index (χ1n) is 8.50. The first kappa shape index (κ1) is 18.6. The molecule has 0 radical (unpaired) electrons. The van der Waals surface area contributed by atoms with Gasteiger partial charge in [0.15, 0.2) is 11.6 Å². The number of aliphatic hydroxyl groups excluding tert-OH is 1. The van der Waals surface area contributed by atoms with Crippen LogP contribution in [0.5, 0.6) is 0 Å². The van der Waals surface area contributed by atoms with Crippen LogP contribution in [-0.4, -0.2) is 41.9 Å². The Morgan fingerprint density at radius 3 is 2.88 bits per heavy atom. The fourth-order valence-corrected chi connectivity index (χ4v) is 3.33. The van der Waals surface area contributed by atoms with E-state index in [1.54, 1.807) is 36.2 Å². The number of esters is 1. The molecule has 3 rings (SSSR count). The van der Waals surface area contributed by atoms with Gasteiger partial charge >= 0.3 is 5.97 Å². The molecule has 1 aromatic heterocycles. The third kappa shape index (κ3) is 3.97. The minimum Gasteiger partial charge on any atom is -0.466 e. The first-order valence-corrected chi connectivity index (χ1v) is 8.88. The summed E-state index contributed by atoms with van der Waals surface area (Å²) in [5.41, 5.74) is 1.40. The van der Waals surface area contributed by atoms with E-state index in [0.717, 1.165) is 5.56 Å². The number of halogens is 2. The van der Waals surface area contributed by atoms with Gasteiger partial charge in [0.2, 0.25) is 0 Å². The van der Waals surface area contributed by atoms with Gasteiger partial charge in [-0.3, -0.25) is 4.79 Å². The van der Waals surface area contributed by atoms with Crippen molar-refractivity contribution in [3.8, 4) is 11.1 Å². The van der Waals surface area contributed by atoms with E-state index in [2.05, 4.69) is 4.98 Å². The van der Waals surface area contributed by atoms with E-state index in [9.17, 15) is 14.3 Å². The van der Waals surface area contributed by atoms with Crippen LogP contribution < -0.4 is 4.90 Å². The lowest BCUT2D eigenvalue weighted by Gasteiger charge is -2.35. The summed E-state index contributed by atoms with van der Waals surface area (Å²) in [6.07, 6.45) is 1.04. The molecule has 0 aliphatic carbocycles. The van der Waals surface area contributed by atoms with Crippen molar-refractivity contribution in [3.05, 3.63) is 47.4 Å². The number of carbonyl (C=O) groups excluding carboxylic acids is 1. The molecule has 2 unspecified atom stereocenters. The van der Waals surface area contributed by atoms with E-state index >= 15 is 0 Å². The van der Waals surface area contributed by atoms with Crippen molar-refractivity contribution in [2.45, 2.75) is 19.4 Å². The molecule has 1 aliphatic rings. The summed E-state index contributed by atoms with van der Waals surface area (Å²) in [4.78, 5) is 17.7. The van der Waals surface area contributed by atoms with Gasteiger partial charge < -0.3 is 14.7 Å². The second-order valence-electron chi connectivity index (χ2n) is 6.20. The highest BCUT2D eigenvalue weighted by atomic mass is 35.5. The van der Waals surface area contributed by atoms with Crippen molar-refractivity contribution in [3.63, 3.8) is 0 Å². The second kappa shape index (κ2) is 8.01. The van der Waals surface area contributed by atoms with Crippen LogP contribution in [0.25, 0.3) is 11.1 Å². The van der Waals surface area contributed by atoms with Crippen LogP contribution >= 0.6 is 11.6 Å². The molecule has 1 saturated heterocycles. The smallest absolute Gasteiger partial charge is 0.311 e. The van der Waals surface area contributed by atoms with E-state index in [0.29, 0.717) is 23.6 Å². The van der Waals surface area contributed by atoms with Crippen LogP contribution in [0, 0.1) is 11.7 Å². The zero-order chi connectivity index (χ0) is 18.7. The van der Waals surface area contributed by atoms with Crippen LogP contribution in [-0.2, 0) is 9.53 Å².